The monoisotopic (exact) mass is 249 g/mol. The molecule has 1 heterocycles. The van der Waals surface area contributed by atoms with Crippen molar-refractivity contribution in [3.63, 3.8) is 0 Å². The minimum absolute atomic E-state index is 1.09. The summed E-state index contributed by atoms with van der Waals surface area (Å²) in [5, 5.41) is 0. The van der Waals surface area contributed by atoms with Crippen LogP contribution in [0.4, 0.5) is 5.69 Å². The molecule has 0 aliphatic carbocycles. The van der Waals surface area contributed by atoms with E-state index in [2.05, 4.69) is 60.0 Å². The maximum Gasteiger partial charge on any atom is 0.0366 e. The molecule has 1 aliphatic rings. The van der Waals surface area contributed by atoms with Gasteiger partial charge in [0.05, 0.1) is 0 Å². The summed E-state index contributed by atoms with van der Waals surface area (Å²) in [6.07, 6.45) is 2.64. The molecule has 0 unspecified atom stereocenters. The molecule has 2 aromatic rings. The molecule has 0 amide bonds. The molecule has 1 nitrogen and oxygen atoms in total. The van der Waals surface area contributed by atoms with Gasteiger partial charge in [-0.05, 0) is 41.7 Å². The highest BCUT2D eigenvalue weighted by Crippen LogP contribution is 2.25. The van der Waals surface area contributed by atoms with Gasteiger partial charge >= 0.3 is 0 Å². The maximum atomic E-state index is 4.21. The van der Waals surface area contributed by atoms with Crippen molar-refractivity contribution in [2.24, 2.45) is 0 Å². The molecule has 1 heteroatoms. The van der Waals surface area contributed by atoms with Crippen LogP contribution in [0, 0.1) is 0 Å². The first kappa shape index (κ1) is 12.0. The van der Waals surface area contributed by atoms with E-state index in [1.54, 1.807) is 0 Å². The van der Waals surface area contributed by atoms with Crippen LogP contribution < -0.4 is 4.90 Å². The minimum atomic E-state index is 1.09. The molecule has 0 radical (unpaired) electrons. The summed E-state index contributed by atoms with van der Waals surface area (Å²) in [6, 6.07) is 19.2. The molecular weight excluding hydrogens is 230 g/mol. The topological polar surface area (TPSA) is 3.24 Å². The molecule has 2 aromatic carbocycles. The summed E-state index contributed by atoms with van der Waals surface area (Å²) in [6.45, 7) is 6.60. The first-order valence-corrected chi connectivity index (χ1v) is 6.94. The summed E-state index contributed by atoms with van der Waals surface area (Å²) < 4.78 is 0. The van der Waals surface area contributed by atoms with Crippen molar-refractivity contribution in [1.29, 1.82) is 0 Å². The fourth-order valence-corrected chi connectivity index (χ4v) is 2.65. The second-order valence-electron chi connectivity index (χ2n) is 5.09. The lowest BCUT2D eigenvalue weighted by Crippen LogP contribution is -2.17. The number of anilines is 1. The van der Waals surface area contributed by atoms with Crippen molar-refractivity contribution in [3.8, 4) is 0 Å². The summed E-state index contributed by atoms with van der Waals surface area (Å²) in [4.78, 5) is 2.45. The van der Waals surface area contributed by atoms with Gasteiger partial charge in [-0.25, -0.2) is 0 Å². The van der Waals surface area contributed by atoms with E-state index < -0.39 is 0 Å². The summed E-state index contributed by atoms with van der Waals surface area (Å²) in [5.74, 6) is 0. The smallest absolute Gasteiger partial charge is 0.0366 e. The standard InChI is InChI=1S/C18H19N/c1-15(16-7-3-2-4-8-16)17-9-11-18(12-10-17)19-13-5-6-14-19/h2-4,7-12H,1,5-6,13-14H2. The van der Waals surface area contributed by atoms with Crippen LogP contribution in [0.5, 0.6) is 0 Å². The van der Waals surface area contributed by atoms with E-state index in [-0.39, 0.29) is 0 Å². The largest absolute Gasteiger partial charge is 0.372 e. The Morgan fingerprint density at radius 2 is 1.37 bits per heavy atom. The summed E-state index contributed by atoms with van der Waals surface area (Å²) in [7, 11) is 0. The van der Waals surface area contributed by atoms with E-state index >= 15 is 0 Å². The van der Waals surface area contributed by atoms with Crippen molar-refractivity contribution >= 4 is 11.3 Å². The molecule has 1 fully saturated rings. The van der Waals surface area contributed by atoms with Gasteiger partial charge in [-0.3, -0.25) is 0 Å². The minimum Gasteiger partial charge on any atom is -0.372 e. The average molecular weight is 249 g/mol. The van der Waals surface area contributed by atoms with Crippen LogP contribution in [0.3, 0.4) is 0 Å². The Balaban J connectivity index is 1.80. The van der Waals surface area contributed by atoms with E-state index in [9.17, 15) is 0 Å². The highest BCUT2D eigenvalue weighted by Gasteiger charge is 2.12. The molecule has 0 bridgehead atoms. The number of hydrogen-bond acceptors (Lipinski definition) is 1. The predicted molar refractivity (Wildman–Crippen MR) is 82.5 cm³/mol. The van der Waals surface area contributed by atoms with Crippen LogP contribution in [0.25, 0.3) is 5.57 Å². The second kappa shape index (κ2) is 5.31. The van der Waals surface area contributed by atoms with Crippen LogP contribution in [0.2, 0.25) is 0 Å². The third-order valence-corrected chi connectivity index (χ3v) is 3.81. The van der Waals surface area contributed by atoms with Crippen molar-refractivity contribution in [3.05, 3.63) is 72.3 Å². The molecule has 1 aliphatic heterocycles. The molecule has 0 aromatic heterocycles. The zero-order valence-corrected chi connectivity index (χ0v) is 11.2. The summed E-state index contributed by atoms with van der Waals surface area (Å²) >= 11 is 0. The van der Waals surface area contributed by atoms with Crippen molar-refractivity contribution in [1.82, 2.24) is 0 Å². The molecule has 3 rings (SSSR count). The summed E-state index contributed by atoms with van der Waals surface area (Å²) in [5.41, 5.74) is 4.82. The van der Waals surface area contributed by atoms with Crippen molar-refractivity contribution < 1.29 is 0 Å². The lowest BCUT2D eigenvalue weighted by Gasteiger charge is -2.18. The Labute approximate surface area is 115 Å². The van der Waals surface area contributed by atoms with Gasteiger partial charge in [0, 0.05) is 18.8 Å². The van der Waals surface area contributed by atoms with Crippen LogP contribution in [-0.2, 0) is 0 Å². The molecule has 0 atom stereocenters. The van der Waals surface area contributed by atoms with Crippen LogP contribution >= 0.6 is 0 Å². The van der Waals surface area contributed by atoms with Crippen LogP contribution in [0.15, 0.2) is 61.2 Å². The highest BCUT2D eigenvalue weighted by atomic mass is 15.1. The predicted octanol–water partition coefficient (Wildman–Crippen LogP) is 4.35. The van der Waals surface area contributed by atoms with E-state index in [1.807, 2.05) is 6.07 Å². The third kappa shape index (κ3) is 2.55. The number of hydrogen-bond donors (Lipinski definition) is 0. The third-order valence-electron chi connectivity index (χ3n) is 3.81. The van der Waals surface area contributed by atoms with Crippen molar-refractivity contribution in [2.75, 3.05) is 18.0 Å². The zero-order valence-electron chi connectivity index (χ0n) is 11.2. The first-order chi connectivity index (χ1) is 9.34. The lowest BCUT2D eigenvalue weighted by atomic mass is 9.99. The molecule has 96 valence electrons. The molecule has 0 spiro atoms. The average Bonchev–Trinajstić information content (AvgIpc) is 3.02. The van der Waals surface area contributed by atoms with Gasteiger partial charge in [0.15, 0.2) is 0 Å². The number of rotatable bonds is 3. The lowest BCUT2D eigenvalue weighted by molar-refractivity contribution is 0.949. The van der Waals surface area contributed by atoms with Gasteiger partial charge in [-0.2, -0.15) is 0 Å². The normalized spacial score (nSPS) is 14.6. The Bertz CT molecular complexity index is 548. The number of nitrogens with zero attached hydrogens (tertiary/aromatic N) is 1. The van der Waals surface area contributed by atoms with Gasteiger partial charge in [0.25, 0.3) is 0 Å². The molecule has 19 heavy (non-hydrogen) atoms. The second-order valence-corrected chi connectivity index (χ2v) is 5.09. The Morgan fingerprint density at radius 3 is 2.00 bits per heavy atom. The van der Waals surface area contributed by atoms with Gasteiger partial charge < -0.3 is 4.90 Å². The Kier molecular flexibility index (Phi) is 3.37. The van der Waals surface area contributed by atoms with Gasteiger partial charge in [0.2, 0.25) is 0 Å². The van der Waals surface area contributed by atoms with E-state index in [1.165, 1.54) is 42.7 Å². The fraction of sp³-hybridized carbons (Fsp3) is 0.222. The fourth-order valence-electron chi connectivity index (χ4n) is 2.65. The quantitative estimate of drug-likeness (QED) is 0.781. The molecule has 0 N–H and O–H groups in total. The zero-order chi connectivity index (χ0) is 13.1. The molecule has 0 saturated carbocycles. The van der Waals surface area contributed by atoms with Crippen molar-refractivity contribution in [2.45, 2.75) is 12.8 Å². The van der Waals surface area contributed by atoms with E-state index in [4.69, 9.17) is 0 Å². The van der Waals surface area contributed by atoms with Crippen LogP contribution in [-0.4, -0.2) is 13.1 Å². The number of benzene rings is 2. The van der Waals surface area contributed by atoms with Gasteiger partial charge in [-0.15, -0.1) is 0 Å². The van der Waals surface area contributed by atoms with E-state index in [0.29, 0.717) is 0 Å². The maximum absolute atomic E-state index is 4.21. The first-order valence-electron chi connectivity index (χ1n) is 6.94. The van der Waals surface area contributed by atoms with E-state index in [0.717, 1.165) is 5.57 Å². The Hall–Kier alpha value is -2.02. The molecular formula is C18H19N. The Morgan fingerprint density at radius 1 is 0.789 bits per heavy atom. The van der Waals surface area contributed by atoms with Gasteiger partial charge in [-0.1, -0.05) is 49.0 Å². The SMILES string of the molecule is C=C(c1ccccc1)c1ccc(N2CCCC2)cc1. The van der Waals surface area contributed by atoms with Crippen LogP contribution in [0.1, 0.15) is 24.0 Å². The highest BCUT2D eigenvalue weighted by molar-refractivity contribution is 5.78. The van der Waals surface area contributed by atoms with Gasteiger partial charge in [0.1, 0.15) is 0 Å². The molecule has 1 saturated heterocycles.